The van der Waals surface area contributed by atoms with Crippen molar-refractivity contribution in [2.75, 3.05) is 7.11 Å². The molecule has 1 heterocycles. The van der Waals surface area contributed by atoms with Gasteiger partial charge in [-0.05, 0) is 12.1 Å². The van der Waals surface area contributed by atoms with Crippen molar-refractivity contribution in [3.63, 3.8) is 0 Å². The van der Waals surface area contributed by atoms with Crippen LogP contribution in [-0.2, 0) is 4.79 Å². The van der Waals surface area contributed by atoms with E-state index in [-0.39, 0.29) is 18.9 Å². The molecular weight excluding hydrogens is 232 g/mol. The smallest absolute Gasteiger partial charge is 0.290 e. The van der Waals surface area contributed by atoms with Gasteiger partial charge in [-0.25, -0.2) is 9.97 Å². The molecule has 0 bridgehead atoms. The summed E-state index contributed by atoms with van der Waals surface area (Å²) in [6, 6.07) is 5.74. The summed E-state index contributed by atoms with van der Waals surface area (Å²) in [5.41, 5.74) is 0.907. The van der Waals surface area contributed by atoms with Gasteiger partial charge < -0.3 is 9.84 Å². The second-order valence-corrected chi connectivity index (χ2v) is 2.52. The zero-order valence-corrected chi connectivity index (χ0v) is 9.35. The predicted molar refractivity (Wildman–Crippen MR) is 62.0 cm³/mol. The standard InChI is InChI=1S/C9H8N2O.CH2O2.ClH/c1-12-9-4-2-3-8-7(9)5-10-6-11-8;2-1-3;/h2-6H,1H3;1H,(H,2,3);1H. The molecule has 0 aliphatic carbocycles. The summed E-state index contributed by atoms with van der Waals surface area (Å²) in [7, 11) is 1.64. The summed E-state index contributed by atoms with van der Waals surface area (Å²) in [5.74, 6) is 0.813. The topological polar surface area (TPSA) is 72.3 Å². The second-order valence-electron chi connectivity index (χ2n) is 2.52. The van der Waals surface area contributed by atoms with Gasteiger partial charge >= 0.3 is 0 Å². The fourth-order valence-corrected chi connectivity index (χ4v) is 1.16. The molecule has 0 saturated carbocycles. The average molecular weight is 243 g/mol. The molecule has 0 aliphatic heterocycles. The molecule has 86 valence electrons. The Morgan fingerprint density at radius 3 is 2.75 bits per heavy atom. The summed E-state index contributed by atoms with van der Waals surface area (Å²) in [4.78, 5) is 16.4. The van der Waals surface area contributed by atoms with Crippen molar-refractivity contribution in [1.29, 1.82) is 0 Å². The number of hydrogen-bond donors (Lipinski definition) is 1. The van der Waals surface area contributed by atoms with Crippen molar-refractivity contribution in [2.45, 2.75) is 0 Å². The molecule has 0 atom stereocenters. The van der Waals surface area contributed by atoms with Gasteiger partial charge in [0.2, 0.25) is 0 Å². The van der Waals surface area contributed by atoms with Gasteiger partial charge in [-0.15, -0.1) is 12.4 Å². The first-order valence-corrected chi connectivity index (χ1v) is 4.14. The Morgan fingerprint density at radius 1 is 1.44 bits per heavy atom. The SMILES string of the molecule is COc1cccc2ncncc12.Cl.O=CO. The Kier molecular flexibility index (Phi) is 6.55. The maximum Gasteiger partial charge on any atom is 0.290 e. The molecule has 1 aromatic heterocycles. The number of aromatic nitrogens is 2. The molecule has 2 aromatic rings. The lowest BCUT2D eigenvalue weighted by Gasteiger charge is -2.02. The van der Waals surface area contributed by atoms with Gasteiger partial charge in [-0.1, -0.05) is 6.07 Å². The Labute approximate surface area is 98.5 Å². The first-order valence-electron chi connectivity index (χ1n) is 4.14. The third kappa shape index (κ3) is 3.36. The zero-order chi connectivity index (χ0) is 11.1. The van der Waals surface area contributed by atoms with Crippen LogP contribution in [0, 0.1) is 0 Å². The molecule has 0 radical (unpaired) electrons. The molecule has 0 spiro atoms. The Morgan fingerprint density at radius 2 is 2.12 bits per heavy atom. The van der Waals surface area contributed by atoms with Crippen LogP contribution in [0.2, 0.25) is 0 Å². The Balaban J connectivity index is 0.000000511. The van der Waals surface area contributed by atoms with Crippen molar-refractivity contribution >= 4 is 29.8 Å². The molecule has 0 unspecified atom stereocenters. The lowest BCUT2D eigenvalue weighted by molar-refractivity contribution is -0.122. The van der Waals surface area contributed by atoms with Gasteiger partial charge in [0.25, 0.3) is 6.47 Å². The number of nitrogens with zero attached hydrogens (tertiary/aromatic N) is 2. The molecule has 1 aromatic carbocycles. The molecule has 5 nitrogen and oxygen atoms in total. The molecule has 16 heavy (non-hydrogen) atoms. The minimum absolute atomic E-state index is 0. The predicted octanol–water partition coefficient (Wildman–Crippen LogP) is 1.76. The first-order chi connectivity index (χ1) is 7.33. The van der Waals surface area contributed by atoms with Crippen molar-refractivity contribution in [3.05, 3.63) is 30.7 Å². The lowest BCUT2D eigenvalue weighted by atomic mass is 10.2. The summed E-state index contributed by atoms with van der Waals surface area (Å²) in [6.07, 6.45) is 3.28. The zero-order valence-electron chi connectivity index (χ0n) is 8.53. The number of carboxylic acid groups (broad SMARTS) is 1. The number of hydrogen-bond acceptors (Lipinski definition) is 4. The van der Waals surface area contributed by atoms with E-state index in [1.807, 2.05) is 18.2 Å². The number of benzene rings is 1. The maximum absolute atomic E-state index is 8.36. The van der Waals surface area contributed by atoms with Crippen LogP contribution in [0.5, 0.6) is 5.75 Å². The van der Waals surface area contributed by atoms with E-state index in [1.165, 1.54) is 6.33 Å². The highest BCUT2D eigenvalue weighted by Crippen LogP contribution is 2.21. The molecule has 1 N–H and O–H groups in total. The second kappa shape index (κ2) is 7.42. The molecule has 0 saturated heterocycles. The van der Waals surface area contributed by atoms with Crippen molar-refractivity contribution in [2.24, 2.45) is 0 Å². The number of fused-ring (bicyclic) bond motifs is 1. The summed E-state index contributed by atoms with van der Waals surface area (Å²) in [6.45, 7) is -0.250. The molecule has 0 fully saturated rings. The quantitative estimate of drug-likeness (QED) is 0.772. The van der Waals surface area contributed by atoms with E-state index in [1.54, 1.807) is 13.3 Å². The van der Waals surface area contributed by atoms with Crippen molar-refractivity contribution < 1.29 is 14.6 Å². The van der Waals surface area contributed by atoms with Crippen LogP contribution < -0.4 is 4.74 Å². The Bertz CT molecular complexity index is 446. The number of ether oxygens (including phenoxy) is 1. The van der Waals surface area contributed by atoms with E-state index in [0.29, 0.717) is 0 Å². The van der Waals surface area contributed by atoms with Crippen molar-refractivity contribution in [3.8, 4) is 5.75 Å². The van der Waals surface area contributed by atoms with E-state index in [2.05, 4.69) is 9.97 Å². The van der Waals surface area contributed by atoms with Crippen molar-refractivity contribution in [1.82, 2.24) is 9.97 Å². The minimum atomic E-state index is -0.250. The van der Waals surface area contributed by atoms with Crippen LogP contribution in [0.1, 0.15) is 0 Å². The van der Waals surface area contributed by atoms with E-state index < -0.39 is 0 Å². The van der Waals surface area contributed by atoms with Crippen LogP contribution in [0.25, 0.3) is 10.9 Å². The van der Waals surface area contributed by atoms with Gasteiger partial charge in [0.1, 0.15) is 12.1 Å². The number of halogens is 1. The molecule has 0 aliphatic rings. The van der Waals surface area contributed by atoms with E-state index in [0.717, 1.165) is 16.7 Å². The fraction of sp³-hybridized carbons (Fsp3) is 0.100. The average Bonchev–Trinajstić information content (AvgIpc) is 2.29. The van der Waals surface area contributed by atoms with Gasteiger partial charge in [0, 0.05) is 6.20 Å². The van der Waals surface area contributed by atoms with Crippen LogP contribution >= 0.6 is 12.4 Å². The Hall–Kier alpha value is -1.88. The molecule has 2 rings (SSSR count). The third-order valence-corrected chi connectivity index (χ3v) is 1.73. The van der Waals surface area contributed by atoms with Gasteiger partial charge in [0.15, 0.2) is 0 Å². The summed E-state index contributed by atoms with van der Waals surface area (Å²) in [5, 5.41) is 7.84. The highest BCUT2D eigenvalue weighted by Gasteiger charge is 1.99. The number of carbonyl (C=O) groups is 1. The van der Waals surface area contributed by atoms with Crippen LogP contribution in [0.3, 0.4) is 0 Å². The normalized spacial score (nSPS) is 8.31. The lowest BCUT2D eigenvalue weighted by Crippen LogP contribution is -1.86. The van der Waals surface area contributed by atoms with Gasteiger partial charge in [0.05, 0.1) is 18.0 Å². The summed E-state index contributed by atoms with van der Waals surface area (Å²) >= 11 is 0. The van der Waals surface area contributed by atoms with E-state index in [9.17, 15) is 0 Å². The van der Waals surface area contributed by atoms with E-state index in [4.69, 9.17) is 14.6 Å². The highest BCUT2D eigenvalue weighted by atomic mass is 35.5. The van der Waals surface area contributed by atoms with Crippen LogP contribution in [-0.4, -0.2) is 28.7 Å². The first kappa shape index (κ1) is 14.1. The van der Waals surface area contributed by atoms with E-state index >= 15 is 0 Å². The number of rotatable bonds is 1. The monoisotopic (exact) mass is 242 g/mol. The van der Waals surface area contributed by atoms with Gasteiger partial charge in [-0.3, -0.25) is 4.79 Å². The molecular formula is C10H11ClN2O3. The van der Waals surface area contributed by atoms with Crippen LogP contribution in [0.4, 0.5) is 0 Å². The molecule has 6 heteroatoms. The highest BCUT2D eigenvalue weighted by molar-refractivity contribution is 5.85. The third-order valence-electron chi connectivity index (χ3n) is 1.73. The molecule has 0 amide bonds. The fourth-order valence-electron chi connectivity index (χ4n) is 1.16. The largest absolute Gasteiger partial charge is 0.496 e. The summed E-state index contributed by atoms with van der Waals surface area (Å²) < 4.78 is 5.15. The van der Waals surface area contributed by atoms with Crippen LogP contribution in [0.15, 0.2) is 30.7 Å². The number of methoxy groups -OCH3 is 1. The maximum atomic E-state index is 8.36. The minimum Gasteiger partial charge on any atom is -0.496 e. The van der Waals surface area contributed by atoms with Gasteiger partial charge in [-0.2, -0.15) is 0 Å².